The van der Waals surface area contributed by atoms with Crippen molar-refractivity contribution in [3.05, 3.63) is 60.2 Å². The van der Waals surface area contributed by atoms with Gasteiger partial charge in [0.15, 0.2) is 0 Å². The van der Waals surface area contributed by atoms with E-state index in [1.807, 2.05) is 0 Å². The molecule has 2 aromatic rings. The van der Waals surface area contributed by atoms with E-state index in [0.717, 1.165) is 16.1 Å². The van der Waals surface area contributed by atoms with Crippen molar-refractivity contribution >= 4 is 27.5 Å². The monoisotopic (exact) mass is 433 g/mol. The molecule has 0 heterocycles. The number of ether oxygens (including phenoxy) is 1. The zero-order valence-corrected chi connectivity index (χ0v) is 18.3. The Morgan fingerprint density at radius 1 is 1.07 bits per heavy atom. The minimum Gasteiger partial charge on any atom is -0.497 e. The first-order chi connectivity index (χ1) is 14.2. The molecule has 2 amide bonds. The quantitative estimate of drug-likeness (QED) is 0.648. The zero-order valence-electron chi connectivity index (χ0n) is 17.5. The number of carbonyl (C=O) groups is 2. The molecule has 0 unspecified atom stereocenters. The largest absolute Gasteiger partial charge is 0.497 e. The third-order valence-corrected chi connectivity index (χ3v) is 5.79. The summed E-state index contributed by atoms with van der Waals surface area (Å²) < 4.78 is 30.9. The van der Waals surface area contributed by atoms with Crippen molar-refractivity contribution in [1.29, 1.82) is 0 Å². The van der Waals surface area contributed by atoms with Crippen molar-refractivity contribution in [2.45, 2.75) is 19.5 Å². The van der Waals surface area contributed by atoms with Gasteiger partial charge in [0, 0.05) is 13.6 Å². The Morgan fingerprint density at radius 3 is 2.17 bits per heavy atom. The highest BCUT2D eigenvalue weighted by Gasteiger charge is 2.29. The van der Waals surface area contributed by atoms with Crippen LogP contribution in [0.5, 0.6) is 5.75 Å². The number of carbonyl (C=O) groups excluding carboxylic acids is 2. The first-order valence-corrected chi connectivity index (χ1v) is 11.2. The molecule has 0 saturated heterocycles. The Hall–Kier alpha value is -3.07. The van der Waals surface area contributed by atoms with Crippen molar-refractivity contribution in [1.82, 2.24) is 10.2 Å². The van der Waals surface area contributed by atoms with Crippen molar-refractivity contribution in [3.8, 4) is 5.75 Å². The predicted molar refractivity (Wildman–Crippen MR) is 116 cm³/mol. The lowest BCUT2D eigenvalue weighted by Gasteiger charge is -2.31. The molecule has 0 saturated carbocycles. The van der Waals surface area contributed by atoms with E-state index in [2.05, 4.69) is 5.32 Å². The summed E-state index contributed by atoms with van der Waals surface area (Å²) in [6, 6.07) is 14.7. The molecular weight excluding hydrogens is 406 g/mol. The van der Waals surface area contributed by atoms with Gasteiger partial charge in [0.25, 0.3) is 0 Å². The van der Waals surface area contributed by atoms with Crippen LogP contribution in [-0.4, -0.2) is 58.1 Å². The molecule has 0 spiro atoms. The van der Waals surface area contributed by atoms with Crippen molar-refractivity contribution in [3.63, 3.8) is 0 Å². The van der Waals surface area contributed by atoms with Crippen molar-refractivity contribution in [2.24, 2.45) is 0 Å². The number of hydrogen-bond acceptors (Lipinski definition) is 5. The van der Waals surface area contributed by atoms with E-state index in [4.69, 9.17) is 4.74 Å². The highest BCUT2D eigenvalue weighted by atomic mass is 32.2. The zero-order chi connectivity index (χ0) is 22.3. The average molecular weight is 434 g/mol. The fourth-order valence-corrected chi connectivity index (χ4v) is 3.78. The van der Waals surface area contributed by atoms with E-state index >= 15 is 0 Å². The van der Waals surface area contributed by atoms with E-state index in [9.17, 15) is 18.0 Å². The number of likely N-dealkylation sites (N-methyl/N-ethyl adjacent to an activating group) is 1. The molecule has 0 bridgehead atoms. The van der Waals surface area contributed by atoms with E-state index in [1.165, 1.54) is 11.9 Å². The van der Waals surface area contributed by atoms with Crippen LogP contribution < -0.4 is 14.4 Å². The predicted octanol–water partition coefficient (Wildman–Crippen LogP) is 1.62. The standard InChI is InChI=1S/C21H27N3O5S/c1-16(21(26)22-2)23(14-17-10-12-19(29-3)13-11-17)20(25)15-24(30(4,27)28)18-8-6-5-7-9-18/h5-13,16H,14-15H2,1-4H3,(H,22,26)/t16-/m1/s1. The summed E-state index contributed by atoms with van der Waals surface area (Å²) in [6.07, 6.45) is 1.04. The summed E-state index contributed by atoms with van der Waals surface area (Å²) in [4.78, 5) is 26.8. The molecule has 9 heteroatoms. The first kappa shape index (κ1) is 23.2. The van der Waals surface area contributed by atoms with Crippen LogP contribution >= 0.6 is 0 Å². The Bertz CT molecular complexity index is 962. The summed E-state index contributed by atoms with van der Waals surface area (Å²) in [5.41, 5.74) is 1.16. The van der Waals surface area contributed by atoms with Gasteiger partial charge in [-0.3, -0.25) is 13.9 Å². The number of methoxy groups -OCH3 is 1. The minimum atomic E-state index is -3.71. The third-order valence-electron chi connectivity index (χ3n) is 4.65. The minimum absolute atomic E-state index is 0.143. The maximum atomic E-state index is 13.2. The normalized spacial score (nSPS) is 12.0. The highest BCUT2D eigenvalue weighted by molar-refractivity contribution is 7.92. The van der Waals surface area contributed by atoms with Crippen LogP contribution in [0.3, 0.4) is 0 Å². The number of sulfonamides is 1. The van der Waals surface area contributed by atoms with Crippen LogP contribution in [0.2, 0.25) is 0 Å². The topological polar surface area (TPSA) is 96.0 Å². The van der Waals surface area contributed by atoms with Crippen molar-refractivity contribution < 1.29 is 22.7 Å². The number of para-hydroxylation sites is 1. The number of anilines is 1. The molecule has 1 atom stereocenters. The van der Waals surface area contributed by atoms with Gasteiger partial charge in [-0.25, -0.2) is 8.42 Å². The second-order valence-electron chi connectivity index (χ2n) is 6.77. The number of amides is 2. The van der Waals surface area contributed by atoms with Crippen LogP contribution in [0.4, 0.5) is 5.69 Å². The number of nitrogens with zero attached hydrogens (tertiary/aromatic N) is 2. The Morgan fingerprint density at radius 2 is 1.67 bits per heavy atom. The molecule has 2 rings (SSSR count). The molecule has 0 radical (unpaired) electrons. The van der Waals surface area contributed by atoms with Crippen LogP contribution in [0.1, 0.15) is 12.5 Å². The van der Waals surface area contributed by atoms with Crippen LogP contribution in [0.25, 0.3) is 0 Å². The van der Waals surface area contributed by atoms with Gasteiger partial charge in [-0.05, 0) is 36.8 Å². The molecule has 0 aliphatic rings. The second-order valence-corrected chi connectivity index (χ2v) is 8.67. The molecule has 0 fully saturated rings. The fraction of sp³-hybridized carbons (Fsp3) is 0.333. The number of hydrogen-bond donors (Lipinski definition) is 1. The lowest BCUT2D eigenvalue weighted by molar-refractivity contribution is -0.139. The van der Waals surface area contributed by atoms with E-state index < -0.39 is 28.5 Å². The van der Waals surface area contributed by atoms with Crippen LogP contribution in [0.15, 0.2) is 54.6 Å². The number of rotatable bonds is 9. The fourth-order valence-electron chi connectivity index (χ4n) is 2.93. The Kier molecular flexibility index (Phi) is 7.82. The van der Waals surface area contributed by atoms with Gasteiger partial charge in [0.05, 0.1) is 19.1 Å². The van der Waals surface area contributed by atoms with Crippen LogP contribution in [0, 0.1) is 0 Å². The Balaban J connectivity index is 2.33. The van der Waals surface area contributed by atoms with Gasteiger partial charge in [-0.2, -0.15) is 0 Å². The number of benzene rings is 2. The summed E-state index contributed by atoms with van der Waals surface area (Å²) in [7, 11) is -0.666. The summed E-state index contributed by atoms with van der Waals surface area (Å²) in [5.74, 6) is -0.165. The van der Waals surface area contributed by atoms with Gasteiger partial charge in [-0.15, -0.1) is 0 Å². The van der Waals surface area contributed by atoms with Gasteiger partial charge >= 0.3 is 0 Å². The lowest BCUT2D eigenvalue weighted by Crippen LogP contribution is -2.50. The molecule has 8 nitrogen and oxygen atoms in total. The highest BCUT2D eigenvalue weighted by Crippen LogP contribution is 2.19. The molecule has 30 heavy (non-hydrogen) atoms. The maximum Gasteiger partial charge on any atom is 0.244 e. The van der Waals surface area contributed by atoms with Gasteiger partial charge in [-0.1, -0.05) is 30.3 Å². The third kappa shape index (κ3) is 5.96. The van der Waals surface area contributed by atoms with Gasteiger partial charge in [0.1, 0.15) is 18.3 Å². The molecule has 2 aromatic carbocycles. The average Bonchev–Trinajstić information content (AvgIpc) is 2.74. The Labute approximate surface area is 177 Å². The second kappa shape index (κ2) is 10.1. The maximum absolute atomic E-state index is 13.2. The summed E-state index contributed by atoms with van der Waals surface area (Å²) >= 11 is 0. The molecule has 0 aliphatic carbocycles. The molecular formula is C21H27N3O5S. The van der Waals surface area contributed by atoms with E-state index in [1.54, 1.807) is 68.6 Å². The molecule has 0 aromatic heterocycles. The SMILES string of the molecule is CNC(=O)[C@@H](C)N(Cc1ccc(OC)cc1)C(=O)CN(c1ccccc1)S(C)(=O)=O. The van der Waals surface area contributed by atoms with Gasteiger partial charge in [0.2, 0.25) is 21.8 Å². The first-order valence-electron chi connectivity index (χ1n) is 9.34. The van der Waals surface area contributed by atoms with Gasteiger partial charge < -0.3 is 15.0 Å². The summed E-state index contributed by atoms with van der Waals surface area (Å²) in [6.45, 7) is 1.33. The smallest absolute Gasteiger partial charge is 0.244 e. The van der Waals surface area contributed by atoms with Crippen molar-refractivity contribution in [2.75, 3.05) is 31.3 Å². The van der Waals surface area contributed by atoms with Crippen LogP contribution in [-0.2, 0) is 26.2 Å². The summed E-state index contributed by atoms with van der Waals surface area (Å²) in [5, 5.41) is 2.53. The molecule has 0 aliphatic heterocycles. The van der Waals surface area contributed by atoms with E-state index in [-0.39, 0.29) is 12.5 Å². The lowest BCUT2D eigenvalue weighted by atomic mass is 10.1. The number of nitrogens with one attached hydrogen (secondary N) is 1. The molecule has 162 valence electrons. The molecule has 1 N–H and O–H groups in total. The van der Waals surface area contributed by atoms with E-state index in [0.29, 0.717) is 11.4 Å².